The van der Waals surface area contributed by atoms with E-state index in [9.17, 15) is 9.59 Å². The molecule has 3 fully saturated rings. The van der Waals surface area contributed by atoms with Gasteiger partial charge in [-0.3, -0.25) is 24.2 Å². The van der Waals surface area contributed by atoms with Gasteiger partial charge in [-0.15, -0.1) is 11.3 Å². The highest BCUT2D eigenvalue weighted by Crippen LogP contribution is 2.35. The fourth-order valence-electron chi connectivity index (χ4n) is 6.18. The van der Waals surface area contributed by atoms with Gasteiger partial charge >= 0.3 is 0 Å². The van der Waals surface area contributed by atoms with Crippen LogP contribution in [0.2, 0.25) is 0 Å². The number of aryl methyl sites for hydroxylation is 1. The Labute approximate surface area is 235 Å². The molecule has 7 heterocycles. The van der Waals surface area contributed by atoms with Crippen LogP contribution < -0.4 is 10.6 Å². The number of hydrogen-bond acceptors (Lipinski definition) is 8. The monoisotopic (exact) mass is 560 g/mol. The van der Waals surface area contributed by atoms with Gasteiger partial charge in [0.2, 0.25) is 0 Å². The third-order valence-electron chi connectivity index (χ3n) is 8.45. The van der Waals surface area contributed by atoms with Gasteiger partial charge < -0.3 is 15.4 Å². The molecule has 1 saturated carbocycles. The Morgan fingerprint density at radius 1 is 1.12 bits per heavy atom. The Hall–Kier alpha value is -3.61. The topological polar surface area (TPSA) is 119 Å². The van der Waals surface area contributed by atoms with Crippen molar-refractivity contribution in [2.24, 2.45) is 5.92 Å². The van der Waals surface area contributed by atoms with Gasteiger partial charge in [-0.2, -0.15) is 10.2 Å². The molecule has 40 heavy (non-hydrogen) atoms. The Morgan fingerprint density at radius 3 is 2.83 bits per heavy atom. The maximum absolute atomic E-state index is 13.3. The molecule has 2 N–H and O–H groups in total. The lowest BCUT2D eigenvalue weighted by Crippen LogP contribution is -2.50. The number of thiazole rings is 1. The van der Waals surface area contributed by atoms with Gasteiger partial charge in [0, 0.05) is 43.6 Å². The average molecular weight is 561 g/mol. The van der Waals surface area contributed by atoms with Crippen LogP contribution >= 0.6 is 11.3 Å². The molecule has 0 aromatic carbocycles. The molecule has 0 spiro atoms. The number of ether oxygens (including phenoxy) is 1. The molecule has 4 aliphatic rings. The van der Waals surface area contributed by atoms with Crippen LogP contribution in [0.4, 0.5) is 5.69 Å². The number of aromatic nitrogens is 5. The van der Waals surface area contributed by atoms with Gasteiger partial charge in [-0.25, -0.2) is 4.52 Å². The van der Waals surface area contributed by atoms with E-state index in [1.807, 2.05) is 24.0 Å². The fourth-order valence-corrected chi connectivity index (χ4v) is 7.27. The number of hydrogen-bond donors (Lipinski definition) is 2. The van der Waals surface area contributed by atoms with Crippen molar-refractivity contribution < 1.29 is 14.3 Å². The smallest absolute Gasteiger partial charge is 0.260 e. The van der Waals surface area contributed by atoms with Crippen LogP contribution in [-0.4, -0.2) is 73.4 Å². The van der Waals surface area contributed by atoms with Crippen molar-refractivity contribution in [2.45, 2.75) is 51.8 Å². The van der Waals surface area contributed by atoms with Crippen molar-refractivity contribution in [1.82, 2.24) is 34.6 Å². The van der Waals surface area contributed by atoms with Crippen LogP contribution in [0.15, 0.2) is 30.9 Å². The third-order valence-corrected chi connectivity index (χ3v) is 9.59. The highest BCUT2D eigenvalue weighted by atomic mass is 32.1. The number of anilines is 1. The molecule has 1 aliphatic carbocycles. The second kappa shape index (κ2) is 10.4. The van der Waals surface area contributed by atoms with Crippen LogP contribution in [-0.2, 0) is 17.9 Å². The molecule has 2 amide bonds. The average Bonchev–Trinajstić information content (AvgIpc) is 3.69. The highest BCUT2D eigenvalue weighted by molar-refractivity contribution is 7.21. The lowest BCUT2D eigenvalue weighted by molar-refractivity contribution is 0.0494. The quantitative estimate of drug-likeness (QED) is 0.356. The van der Waals surface area contributed by atoms with E-state index in [0.717, 1.165) is 46.5 Å². The van der Waals surface area contributed by atoms with E-state index >= 15 is 0 Å². The predicted molar refractivity (Wildman–Crippen MR) is 151 cm³/mol. The lowest BCUT2D eigenvalue weighted by atomic mass is 9.80. The van der Waals surface area contributed by atoms with E-state index in [4.69, 9.17) is 4.74 Å². The summed E-state index contributed by atoms with van der Waals surface area (Å²) in [7, 11) is 0. The maximum Gasteiger partial charge on any atom is 0.260 e. The molecule has 11 nitrogen and oxygen atoms in total. The maximum atomic E-state index is 13.3. The number of nitrogens with one attached hydrogen (secondary N) is 2. The van der Waals surface area contributed by atoms with E-state index < -0.39 is 0 Å². The Morgan fingerprint density at radius 2 is 2.00 bits per heavy atom. The summed E-state index contributed by atoms with van der Waals surface area (Å²) in [5, 5.41) is 14.9. The minimum atomic E-state index is -0.300. The zero-order chi connectivity index (χ0) is 27.2. The van der Waals surface area contributed by atoms with E-state index in [2.05, 4.69) is 30.7 Å². The van der Waals surface area contributed by atoms with Gasteiger partial charge in [0.15, 0.2) is 0 Å². The van der Waals surface area contributed by atoms with Gasteiger partial charge in [0.1, 0.15) is 4.83 Å². The zero-order valence-electron chi connectivity index (χ0n) is 22.4. The third kappa shape index (κ3) is 4.69. The molecule has 0 unspecified atom stereocenters. The Balaban J connectivity index is 1.03. The summed E-state index contributed by atoms with van der Waals surface area (Å²) in [6.07, 6.45) is 12.1. The second-order valence-electron chi connectivity index (χ2n) is 10.9. The van der Waals surface area contributed by atoms with Crippen LogP contribution in [0.3, 0.4) is 0 Å². The molecule has 4 aromatic heterocycles. The second-order valence-corrected chi connectivity index (χ2v) is 12.0. The minimum Gasteiger partial charge on any atom is -0.373 e. The van der Waals surface area contributed by atoms with E-state index in [0.29, 0.717) is 48.3 Å². The number of fused-ring (bicyclic) bond motifs is 5. The number of rotatable bonds is 7. The summed E-state index contributed by atoms with van der Waals surface area (Å²) in [6, 6.07) is 2.36. The molecule has 208 valence electrons. The first kappa shape index (κ1) is 25.4. The first-order chi connectivity index (χ1) is 19.5. The highest BCUT2D eigenvalue weighted by Gasteiger charge is 2.33. The van der Waals surface area contributed by atoms with Crippen molar-refractivity contribution in [3.8, 4) is 10.4 Å². The first-order valence-corrected chi connectivity index (χ1v) is 14.8. The molecule has 0 radical (unpaired) electrons. The van der Waals surface area contributed by atoms with Crippen molar-refractivity contribution in [1.29, 1.82) is 0 Å². The number of pyridine rings is 1. The van der Waals surface area contributed by atoms with Crippen LogP contribution in [0, 0.1) is 12.8 Å². The predicted octanol–water partition coefficient (Wildman–Crippen LogP) is 3.35. The summed E-state index contributed by atoms with van der Waals surface area (Å²) >= 11 is 1.48. The van der Waals surface area contributed by atoms with Crippen molar-refractivity contribution in [3.05, 3.63) is 53.4 Å². The SMILES string of the molecule is Cc1ncc(C(=O)NCCN2CC3CCC2CC3)cc1NC(=O)c1cnn2cc(-c3cnn4c3COCC4)sc12. The summed E-state index contributed by atoms with van der Waals surface area (Å²) in [5.74, 6) is 0.332. The molecule has 4 aromatic rings. The van der Waals surface area contributed by atoms with Gasteiger partial charge in [0.25, 0.3) is 11.8 Å². The number of nitrogens with zero attached hydrogens (tertiary/aromatic N) is 6. The van der Waals surface area contributed by atoms with E-state index in [1.165, 1.54) is 37.0 Å². The van der Waals surface area contributed by atoms with Gasteiger partial charge in [-0.05, 0) is 44.6 Å². The standard InChI is InChI=1S/C28H32N8O3S/c1-17-23(10-19(11-30-17)26(37)29-6-7-34-14-18-2-4-20(34)5-3-18)33-27(38)22-13-32-36-15-25(40-28(22)36)21-12-31-35-8-9-39-16-24(21)35/h10-13,15,18,20H,2-9,14,16H2,1H3,(H,29,37)(H,33,38). The summed E-state index contributed by atoms with van der Waals surface area (Å²) in [5.41, 5.74) is 4.04. The number of amides is 2. The molecule has 12 heteroatoms. The summed E-state index contributed by atoms with van der Waals surface area (Å²) in [6.45, 7) is 6.32. The molecule has 0 atom stereocenters. The van der Waals surface area contributed by atoms with Crippen molar-refractivity contribution >= 4 is 33.7 Å². The molecule has 2 bridgehead atoms. The van der Waals surface area contributed by atoms with Crippen molar-refractivity contribution in [2.75, 3.05) is 31.6 Å². The number of piperidine rings is 2. The Bertz CT molecular complexity index is 1580. The number of carbonyl (C=O) groups excluding carboxylic acids is 2. The molecular formula is C28H32N8O3S. The van der Waals surface area contributed by atoms with Crippen LogP contribution in [0.25, 0.3) is 15.3 Å². The lowest BCUT2D eigenvalue weighted by Gasteiger charge is -2.45. The summed E-state index contributed by atoms with van der Waals surface area (Å²) in [4.78, 5) is 34.8. The fraction of sp³-hybridized carbons (Fsp3) is 0.464. The largest absolute Gasteiger partial charge is 0.373 e. The van der Waals surface area contributed by atoms with E-state index in [1.54, 1.807) is 23.0 Å². The summed E-state index contributed by atoms with van der Waals surface area (Å²) < 4.78 is 9.30. The molecule has 8 rings (SSSR count). The van der Waals surface area contributed by atoms with Gasteiger partial charge in [-0.1, -0.05) is 0 Å². The normalized spacial score (nSPS) is 20.5. The van der Waals surface area contributed by atoms with Crippen LogP contribution in [0.5, 0.6) is 0 Å². The zero-order valence-corrected chi connectivity index (χ0v) is 23.2. The number of carbonyl (C=O) groups is 2. The molecule has 2 saturated heterocycles. The van der Waals surface area contributed by atoms with E-state index in [-0.39, 0.29) is 11.8 Å². The van der Waals surface area contributed by atoms with Crippen molar-refractivity contribution in [3.63, 3.8) is 0 Å². The Kier molecular flexibility index (Phi) is 6.60. The first-order valence-electron chi connectivity index (χ1n) is 13.9. The molecular weight excluding hydrogens is 528 g/mol. The molecule has 3 aliphatic heterocycles. The minimum absolute atomic E-state index is 0.186. The van der Waals surface area contributed by atoms with Gasteiger partial charge in [0.05, 0.1) is 65.2 Å². The van der Waals surface area contributed by atoms with Crippen LogP contribution in [0.1, 0.15) is 57.8 Å².